The molecule has 0 aromatic heterocycles. The smallest absolute Gasteiger partial charge is 0.165 e. The summed E-state index contributed by atoms with van der Waals surface area (Å²) in [6.45, 7) is 5.68. The van der Waals surface area contributed by atoms with Gasteiger partial charge in [0.1, 0.15) is 13.2 Å². The molecule has 0 unspecified atom stereocenters. The van der Waals surface area contributed by atoms with E-state index in [0.717, 1.165) is 24.6 Å². The maximum atomic E-state index is 5.76. The average molecular weight is 275 g/mol. The van der Waals surface area contributed by atoms with Gasteiger partial charge in [0.15, 0.2) is 11.5 Å². The van der Waals surface area contributed by atoms with E-state index in [0.29, 0.717) is 18.6 Å². The first-order valence-electron chi connectivity index (χ1n) is 7.85. The van der Waals surface area contributed by atoms with Gasteiger partial charge in [0.05, 0.1) is 0 Å². The molecule has 1 aromatic carbocycles. The molecule has 0 spiro atoms. The van der Waals surface area contributed by atoms with E-state index in [1.807, 2.05) is 12.1 Å². The zero-order valence-corrected chi connectivity index (χ0v) is 12.4. The number of rotatable bonds is 4. The minimum atomic E-state index is 0.477. The number of ether oxygens (including phenoxy) is 2. The highest BCUT2D eigenvalue weighted by Crippen LogP contribution is 2.36. The van der Waals surface area contributed by atoms with Gasteiger partial charge < -0.3 is 14.8 Å². The molecule has 110 valence electrons. The van der Waals surface area contributed by atoms with Crippen molar-refractivity contribution < 1.29 is 9.47 Å². The van der Waals surface area contributed by atoms with Gasteiger partial charge in [-0.1, -0.05) is 38.3 Å². The fourth-order valence-corrected chi connectivity index (χ4v) is 3.35. The highest BCUT2D eigenvalue weighted by Gasteiger charge is 2.26. The van der Waals surface area contributed by atoms with E-state index >= 15 is 0 Å². The molecule has 0 radical (unpaired) electrons. The van der Waals surface area contributed by atoms with Crippen molar-refractivity contribution in [1.29, 1.82) is 0 Å². The van der Waals surface area contributed by atoms with Gasteiger partial charge >= 0.3 is 0 Å². The van der Waals surface area contributed by atoms with Crippen molar-refractivity contribution in [2.24, 2.45) is 5.41 Å². The quantitative estimate of drug-likeness (QED) is 0.912. The minimum absolute atomic E-state index is 0.477. The van der Waals surface area contributed by atoms with E-state index in [9.17, 15) is 0 Å². The molecule has 1 fully saturated rings. The number of nitrogens with one attached hydrogen (secondary N) is 1. The summed E-state index contributed by atoms with van der Waals surface area (Å²) in [7, 11) is 0. The van der Waals surface area contributed by atoms with Gasteiger partial charge in [-0.05, 0) is 24.3 Å². The molecule has 1 heterocycles. The Balaban J connectivity index is 1.58. The van der Waals surface area contributed by atoms with Crippen LogP contribution in [0.3, 0.4) is 0 Å². The first-order chi connectivity index (χ1) is 9.77. The number of hydrogen-bond acceptors (Lipinski definition) is 3. The highest BCUT2D eigenvalue weighted by atomic mass is 16.6. The van der Waals surface area contributed by atoms with Crippen LogP contribution in [0.4, 0.5) is 0 Å². The van der Waals surface area contributed by atoms with Gasteiger partial charge in [0, 0.05) is 18.7 Å². The van der Waals surface area contributed by atoms with Crippen LogP contribution >= 0.6 is 0 Å². The van der Waals surface area contributed by atoms with Crippen molar-refractivity contribution in [3.63, 3.8) is 0 Å². The normalized spacial score (nSPS) is 20.6. The molecule has 1 saturated carbocycles. The van der Waals surface area contributed by atoms with E-state index < -0.39 is 0 Å². The van der Waals surface area contributed by atoms with Crippen LogP contribution in [0.15, 0.2) is 18.2 Å². The van der Waals surface area contributed by atoms with E-state index in [2.05, 4.69) is 18.3 Å². The first-order valence-corrected chi connectivity index (χ1v) is 7.85. The molecular formula is C17H25NO2. The van der Waals surface area contributed by atoms with Crippen molar-refractivity contribution in [3.8, 4) is 11.5 Å². The van der Waals surface area contributed by atoms with Crippen LogP contribution in [0.25, 0.3) is 0 Å². The number of para-hydroxylation sites is 1. The molecule has 20 heavy (non-hydrogen) atoms. The summed E-state index contributed by atoms with van der Waals surface area (Å²) in [6, 6.07) is 6.16. The Morgan fingerprint density at radius 2 is 1.90 bits per heavy atom. The maximum absolute atomic E-state index is 5.76. The number of fused-ring (bicyclic) bond motifs is 1. The third-order valence-electron chi connectivity index (χ3n) is 4.58. The van der Waals surface area contributed by atoms with Crippen LogP contribution in [0.1, 0.15) is 44.6 Å². The molecule has 2 aliphatic rings. The lowest BCUT2D eigenvalue weighted by atomic mass is 9.76. The van der Waals surface area contributed by atoms with Gasteiger partial charge in [-0.3, -0.25) is 0 Å². The Bertz CT molecular complexity index is 452. The van der Waals surface area contributed by atoms with Crippen LogP contribution in [0.2, 0.25) is 0 Å². The Labute approximate surface area is 121 Å². The second kappa shape index (κ2) is 6.04. The van der Waals surface area contributed by atoms with E-state index in [4.69, 9.17) is 9.47 Å². The van der Waals surface area contributed by atoms with E-state index in [-0.39, 0.29) is 0 Å². The molecule has 1 aliphatic heterocycles. The molecule has 1 N–H and O–H groups in total. The Hall–Kier alpha value is -1.22. The summed E-state index contributed by atoms with van der Waals surface area (Å²) in [6.07, 6.45) is 6.89. The van der Waals surface area contributed by atoms with Crippen LogP contribution in [-0.2, 0) is 6.54 Å². The standard InChI is InChI=1S/C17H25NO2/c1-17(8-3-2-4-9-17)13-18-12-14-6-5-7-15-16(14)20-11-10-19-15/h5-7,18H,2-4,8-13H2,1H3. The van der Waals surface area contributed by atoms with Crippen molar-refractivity contribution in [2.75, 3.05) is 19.8 Å². The summed E-state index contributed by atoms with van der Waals surface area (Å²) >= 11 is 0. The van der Waals surface area contributed by atoms with Gasteiger partial charge in [0.2, 0.25) is 0 Å². The Morgan fingerprint density at radius 3 is 2.75 bits per heavy atom. The van der Waals surface area contributed by atoms with Gasteiger partial charge in [0.25, 0.3) is 0 Å². The summed E-state index contributed by atoms with van der Waals surface area (Å²) in [5, 5.41) is 3.63. The van der Waals surface area contributed by atoms with E-state index in [1.165, 1.54) is 37.7 Å². The van der Waals surface area contributed by atoms with Gasteiger partial charge in [-0.25, -0.2) is 0 Å². The number of hydrogen-bond donors (Lipinski definition) is 1. The van der Waals surface area contributed by atoms with Crippen molar-refractivity contribution in [2.45, 2.75) is 45.6 Å². The predicted octanol–water partition coefficient (Wildman–Crippen LogP) is 3.52. The molecule has 3 rings (SSSR count). The fourth-order valence-electron chi connectivity index (χ4n) is 3.35. The van der Waals surface area contributed by atoms with Crippen molar-refractivity contribution in [1.82, 2.24) is 5.32 Å². The second-order valence-electron chi connectivity index (χ2n) is 6.42. The summed E-state index contributed by atoms with van der Waals surface area (Å²) in [4.78, 5) is 0. The Morgan fingerprint density at radius 1 is 1.10 bits per heavy atom. The van der Waals surface area contributed by atoms with Crippen LogP contribution in [0, 0.1) is 5.41 Å². The molecule has 3 nitrogen and oxygen atoms in total. The second-order valence-corrected chi connectivity index (χ2v) is 6.42. The zero-order chi connectivity index (χ0) is 13.8. The van der Waals surface area contributed by atoms with Crippen LogP contribution < -0.4 is 14.8 Å². The molecule has 0 amide bonds. The molecule has 1 aromatic rings. The van der Waals surface area contributed by atoms with Crippen molar-refractivity contribution in [3.05, 3.63) is 23.8 Å². The summed E-state index contributed by atoms with van der Waals surface area (Å²) < 4.78 is 11.4. The highest BCUT2D eigenvalue weighted by molar-refractivity contribution is 5.47. The molecule has 3 heteroatoms. The Kier molecular flexibility index (Phi) is 4.16. The monoisotopic (exact) mass is 275 g/mol. The summed E-state index contributed by atoms with van der Waals surface area (Å²) in [5.41, 5.74) is 1.69. The van der Waals surface area contributed by atoms with Gasteiger partial charge in [-0.15, -0.1) is 0 Å². The lowest BCUT2D eigenvalue weighted by Crippen LogP contribution is -2.33. The SMILES string of the molecule is CC1(CNCc2cccc3c2OCCO3)CCCCC1. The maximum Gasteiger partial charge on any atom is 0.165 e. The minimum Gasteiger partial charge on any atom is -0.486 e. The molecule has 0 atom stereocenters. The first kappa shape index (κ1) is 13.7. The lowest BCUT2D eigenvalue weighted by molar-refractivity contribution is 0.169. The third-order valence-corrected chi connectivity index (χ3v) is 4.58. The number of benzene rings is 1. The van der Waals surface area contributed by atoms with Crippen LogP contribution in [-0.4, -0.2) is 19.8 Å². The molecule has 0 saturated heterocycles. The van der Waals surface area contributed by atoms with Gasteiger partial charge in [-0.2, -0.15) is 0 Å². The third kappa shape index (κ3) is 3.09. The van der Waals surface area contributed by atoms with Crippen molar-refractivity contribution >= 4 is 0 Å². The molecule has 0 bridgehead atoms. The average Bonchev–Trinajstić information content (AvgIpc) is 2.48. The topological polar surface area (TPSA) is 30.5 Å². The fraction of sp³-hybridized carbons (Fsp3) is 0.647. The predicted molar refractivity (Wildman–Crippen MR) is 80.3 cm³/mol. The van der Waals surface area contributed by atoms with E-state index in [1.54, 1.807) is 0 Å². The zero-order valence-electron chi connectivity index (χ0n) is 12.4. The molecular weight excluding hydrogens is 250 g/mol. The molecule has 1 aliphatic carbocycles. The van der Waals surface area contributed by atoms with Crippen LogP contribution in [0.5, 0.6) is 11.5 Å². The lowest BCUT2D eigenvalue weighted by Gasteiger charge is -2.34. The largest absolute Gasteiger partial charge is 0.486 e. The summed E-state index contributed by atoms with van der Waals surface area (Å²) in [5.74, 6) is 1.82.